The SMILES string of the molecule is COc1ccc(CCC(=O)N2CCCN(CCn3c(=O)oc4ccccc43)CC2)cc1. The summed E-state index contributed by atoms with van der Waals surface area (Å²) >= 11 is 0. The Morgan fingerprint density at radius 2 is 1.81 bits per heavy atom. The van der Waals surface area contributed by atoms with Crippen molar-refractivity contribution in [3.8, 4) is 5.75 Å². The highest BCUT2D eigenvalue weighted by molar-refractivity contribution is 5.76. The van der Waals surface area contributed by atoms with Crippen LogP contribution >= 0.6 is 0 Å². The maximum Gasteiger partial charge on any atom is 0.419 e. The van der Waals surface area contributed by atoms with Crippen LogP contribution in [0.4, 0.5) is 0 Å². The van der Waals surface area contributed by atoms with Crippen LogP contribution in [0.25, 0.3) is 11.1 Å². The monoisotopic (exact) mass is 423 g/mol. The molecule has 1 amide bonds. The molecule has 0 unspecified atom stereocenters. The molecule has 0 N–H and O–H groups in total. The highest BCUT2D eigenvalue weighted by atomic mass is 16.5. The molecule has 7 nitrogen and oxygen atoms in total. The van der Waals surface area contributed by atoms with Crippen molar-refractivity contribution in [3.63, 3.8) is 0 Å². The minimum Gasteiger partial charge on any atom is -0.497 e. The maximum atomic E-state index is 12.7. The third kappa shape index (κ3) is 5.17. The van der Waals surface area contributed by atoms with E-state index in [0.29, 0.717) is 18.5 Å². The number of methoxy groups -OCH3 is 1. The maximum absolute atomic E-state index is 12.7. The molecule has 0 saturated carbocycles. The van der Waals surface area contributed by atoms with E-state index in [1.807, 2.05) is 53.4 Å². The molecule has 1 saturated heterocycles. The predicted octanol–water partition coefficient (Wildman–Crippen LogP) is 2.77. The first-order valence-electron chi connectivity index (χ1n) is 10.9. The zero-order valence-electron chi connectivity index (χ0n) is 18.0. The Labute approximate surface area is 181 Å². The van der Waals surface area contributed by atoms with Gasteiger partial charge in [-0.1, -0.05) is 24.3 Å². The van der Waals surface area contributed by atoms with Gasteiger partial charge in [-0.25, -0.2) is 4.79 Å². The standard InChI is InChI=1S/C24H29N3O4/c1-30-20-10-7-19(8-11-20)9-12-23(28)26-14-4-13-25(15-17-26)16-18-27-21-5-2-3-6-22(21)31-24(27)29/h2-3,5-8,10-11H,4,9,12-18H2,1H3. The first kappa shape index (κ1) is 21.2. The molecule has 1 fully saturated rings. The second kappa shape index (κ2) is 9.83. The number of carbonyl (C=O) groups is 1. The number of hydrogen-bond donors (Lipinski definition) is 0. The molecule has 2 heterocycles. The van der Waals surface area contributed by atoms with Gasteiger partial charge in [0.05, 0.1) is 12.6 Å². The van der Waals surface area contributed by atoms with Gasteiger partial charge in [-0.05, 0) is 49.2 Å². The third-order valence-electron chi connectivity index (χ3n) is 5.94. The number of amides is 1. The fourth-order valence-electron chi connectivity index (χ4n) is 4.11. The van der Waals surface area contributed by atoms with Gasteiger partial charge in [-0.15, -0.1) is 0 Å². The molecule has 7 heteroatoms. The summed E-state index contributed by atoms with van der Waals surface area (Å²) in [6.07, 6.45) is 2.19. The third-order valence-corrected chi connectivity index (χ3v) is 5.94. The molecule has 2 aromatic carbocycles. The van der Waals surface area contributed by atoms with Crippen molar-refractivity contribution in [3.05, 3.63) is 64.6 Å². The van der Waals surface area contributed by atoms with Crippen molar-refractivity contribution in [1.29, 1.82) is 0 Å². The Bertz CT molecular complexity index is 1070. The first-order chi connectivity index (χ1) is 15.1. The van der Waals surface area contributed by atoms with Crippen molar-refractivity contribution < 1.29 is 13.9 Å². The quantitative estimate of drug-likeness (QED) is 0.585. The van der Waals surface area contributed by atoms with Crippen LogP contribution in [0, 0.1) is 0 Å². The summed E-state index contributed by atoms with van der Waals surface area (Å²) in [5.41, 5.74) is 2.60. The summed E-state index contributed by atoms with van der Waals surface area (Å²) in [5, 5.41) is 0. The number of para-hydroxylation sites is 2. The molecule has 0 spiro atoms. The Balaban J connectivity index is 1.27. The second-order valence-corrected chi connectivity index (χ2v) is 7.91. The van der Waals surface area contributed by atoms with E-state index in [2.05, 4.69) is 4.90 Å². The summed E-state index contributed by atoms with van der Waals surface area (Å²) in [6, 6.07) is 15.4. The van der Waals surface area contributed by atoms with Gasteiger partial charge < -0.3 is 14.1 Å². The molecule has 164 valence electrons. The van der Waals surface area contributed by atoms with Crippen LogP contribution in [0.15, 0.2) is 57.7 Å². The van der Waals surface area contributed by atoms with E-state index < -0.39 is 0 Å². The van der Waals surface area contributed by atoms with E-state index in [9.17, 15) is 9.59 Å². The normalized spacial score (nSPS) is 15.2. The van der Waals surface area contributed by atoms with E-state index in [1.54, 1.807) is 11.7 Å². The van der Waals surface area contributed by atoms with Crippen LogP contribution in [0.1, 0.15) is 18.4 Å². The van der Waals surface area contributed by atoms with Crippen LogP contribution in [-0.2, 0) is 17.8 Å². The van der Waals surface area contributed by atoms with Crippen LogP contribution in [0.2, 0.25) is 0 Å². The van der Waals surface area contributed by atoms with Crippen molar-refractivity contribution >= 4 is 17.0 Å². The Morgan fingerprint density at radius 3 is 2.61 bits per heavy atom. The lowest BCUT2D eigenvalue weighted by Gasteiger charge is -2.22. The van der Waals surface area contributed by atoms with Crippen molar-refractivity contribution in [2.45, 2.75) is 25.8 Å². The van der Waals surface area contributed by atoms with Gasteiger partial charge in [0.2, 0.25) is 5.91 Å². The molecule has 31 heavy (non-hydrogen) atoms. The van der Waals surface area contributed by atoms with Crippen molar-refractivity contribution in [2.75, 3.05) is 39.8 Å². The van der Waals surface area contributed by atoms with Crippen molar-refractivity contribution in [2.24, 2.45) is 0 Å². The largest absolute Gasteiger partial charge is 0.497 e. The zero-order chi connectivity index (χ0) is 21.6. The molecule has 0 aliphatic carbocycles. The number of aryl methyl sites for hydroxylation is 1. The van der Waals surface area contributed by atoms with Gasteiger partial charge in [0.1, 0.15) is 5.75 Å². The smallest absolute Gasteiger partial charge is 0.419 e. The minimum atomic E-state index is -0.314. The highest BCUT2D eigenvalue weighted by Crippen LogP contribution is 2.14. The predicted molar refractivity (Wildman–Crippen MR) is 119 cm³/mol. The van der Waals surface area contributed by atoms with Crippen LogP contribution < -0.4 is 10.5 Å². The Hall–Kier alpha value is -3.06. The van der Waals surface area contributed by atoms with Gasteiger partial charge in [-0.2, -0.15) is 0 Å². The van der Waals surface area contributed by atoms with Crippen LogP contribution in [0.3, 0.4) is 0 Å². The number of hydrogen-bond acceptors (Lipinski definition) is 5. The molecule has 1 aliphatic rings. The van der Waals surface area contributed by atoms with E-state index in [4.69, 9.17) is 9.15 Å². The lowest BCUT2D eigenvalue weighted by atomic mass is 10.1. The molecule has 0 radical (unpaired) electrons. The van der Waals surface area contributed by atoms with Crippen LogP contribution in [-0.4, -0.2) is 60.1 Å². The summed E-state index contributed by atoms with van der Waals surface area (Å²) in [7, 11) is 1.65. The van der Waals surface area contributed by atoms with E-state index in [-0.39, 0.29) is 11.7 Å². The number of nitrogens with zero attached hydrogens (tertiary/aromatic N) is 3. The minimum absolute atomic E-state index is 0.203. The zero-order valence-corrected chi connectivity index (χ0v) is 18.0. The number of ether oxygens (including phenoxy) is 1. The van der Waals surface area contributed by atoms with Gasteiger partial charge in [0.15, 0.2) is 5.58 Å². The molecule has 4 rings (SSSR count). The van der Waals surface area contributed by atoms with Gasteiger partial charge >= 0.3 is 5.76 Å². The Kier molecular flexibility index (Phi) is 6.72. The summed E-state index contributed by atoms with van der Waals surface area (Å²) < 4.78 is 12.2. The van der Waals surface area contributed by atoms with Gasteiger partial charge in [0.25, 0.3) is 0 Å². The summed E-state index contributed by atoms with van der Waals surface area (Å²) in [4.78, 5) is 29.2. The summed E-state index contributed by atoms with van der Waals surface area (Å²) in [5.74, 6) is 0.717. The number of carbonyl (C=O) groups excluding carboxylic acids is 1. The number of oxazole rings is 1. The molecular weight excluding hydrogens is 394 g/mol. The Morgan fingerprint density at radius 1 is 1.00 bits per heavy atom. The first-order valence-corrected chi connectivity index (χ1v) is 10.9. The van der Waals surface area contributed by atoms with E-state index in [0.717, 1.165) is 62.4 Å². The number of rotatable bonds is 7. The highest BCUT2D eigenvalue weighted by Gasteiger charge is 2.19. The summed E-state index contributed by atoms with van der Waals surface area (Å²) in [6.45, 7) is 4.60. The number of aromatic nitrogens is 1. The molecule has 0 atom stereocenters. The average Bonchev–Trinajstić information content (AvgIpc) is 2.95. The fourth-order valence-corrected chi connectivity index (χ4v) is 4.11. The van der Waals surface area contributed by atoms with Crippen LogP contribution in [0.5, 0.6) is 5.75 Å². The van der Waals surface area contributed by atoms with E-state index >= 15 is 0 Å². The average molecular weight is 424 g/mol. The lowest BCUT2D eigenvalue weighted by Crippen LogP contribution is -2.36. The molecule has 0 bridgehead atoms. The molecule has 1 aliphatic heterocycles. The fraction of sp³-hybridized carbons (Fsp3) is 0.417. The van der Waals surface area contributed by atoms with Crippen molar-refractivity contribution in [1.82, 2.24) is 14.4 Å². The molecule has 1 aromatic heterocycles. The van der Waals surface area contributed by atoms with Gasteiger partial charge in [0, 0.05) is 39.1 Å². The van der Waals surface area contributed by atoms with Gasteiger partial charge in [-0.3, -0.25) is 14.3 Å². The second-order valence-electron chi connectivity index (χ2n) is 7.91. The number of fused-ring (bicyclic) bond motifs is 1. The number of benzene rings is 2. The molecular formula is C24H29N3O4. The lowest BCUT2D eigenvalue weighted by molar-refractivity contribution is -0.131. The topological polar surface area (TPSA) is 67.9 Å². The van der Waals surface area contributed by atoms with E-state index in [1.165, 1.54) is 0 Å². The molecule has 3 aromatic rings.